The first kappa shape index (κ1) is 22.1. The number of fused-ring (bicyclic) bond motifs is 3. The number of ether oxygens (including phenoxy) is 1. The standard InChI is InChI=1S/C27H21FN6O2/c28-19-4-6-24(17(8-19)9-29)34(27(35)18-10-31-26(32-11-18)16-2-3-16)12-15-1-5-20-21-13-36-14-22(21)25(30)33-23(20)7-15/h1,4-8,10-11,16H,2-3,12-14H2,(H2,30,33). The van der Waals surface area contributed by atoms with Crippen molar-refractivity contribution in [1.82, 2.24) is 15.0 Å². The molecule has 0 radical (unpaired) electrons. The fourth-order valence-corrected chi connectivity index (χ4v) is 4.56. The van der Waals surface area contributed by atoms with Gasteiger partial charge in [0.1, 0.15) is 23.5 Å². The number of benzene rings is 2. The van der Waals surface area contributed by atoms with Crippen LogP contribution in [-0.4, -0.2) is 20.9 Å². The molecule has 6 rings (SSSR count). The molecule has 2 aromatic heterocycles. The van der Waals surface area contributed by atoms with Crippen molar-refractivity contribution in [2.45, 2.75) is 38.5 Å². The van der Waals surface area contributed by atoms with Crippen LogP contribution >= 0.6 is 0 Å². The maximum atomic E-state index is 13.9. The van der Waals surface area contributed by atoms with E-state index in [4.69, 9.17) is 10.5 Å². The molecule has 36 heavy (non-hydrogen) atoms. The second-order valence-electron chi connectivity index (χ2n) is 9.07. The van der Waals surface area contributed by atoms with Crippen LogP contribution in [0.1, 0.15) is 57.2 Å². The van der Waals surface area contributed by atoms with Crippen LogP contribution in [0.15, 0.2) is 48.8 Å². The van der Waals surface area contributed by atoms with Crippen molar-refractivity contribution in [2.24, 2.45) is 0 Å². The summed E-state index contributed by atoms with van der Waals surface area (Å²) >= 11 is 0. The number of anilines is 2. The average molecular weight is 481 g/mol. The van der Waals surface area contributed by atoms with Gasteiger partial charge in [0.15, 0.2) is 0 Å². The monoisotopic (exact) mass is 480 g/mol. The largest absolute Gasteiger partial charge is 0.383 e. The number of pyridine rings is 1. The molecule has 3 heterocycles. The van der Waals surface area contributed by atoms with E-state index >= 15 is 0 Å². The molecule has 9 heteroatoms. The number of hydrogen-bond acceptors (Lipinski definition) is 7. The molecule has 0 spiro atoms. The summed E-state index contributed by atoms with van der Waals surface area (Å²) in [5.74, 6) is 0.569. The summed E-state index contributed by atoms with van der Waals surface area (Å²) in [6.07, 6.45) is 5.13. The van der Waals surface area contributed by atoms with Gasteiger partial charge < -0.3 is 15.4 Å². The SMILES string of the molecule is N#Cc1cc(F)ccc1N(Cc1ccc2c3c(c(N)nc2c1)COC3)C(=O)c1cnc(C2CC2)nc1. The molecule has 2 N–H and O–H groups in total. The molecule has 1 aliphatic carbocycles. The molecule has 1 fully saturated rings. The minimum Gasteiger partial charge on any atom is -0.383 e. The smallest absolute Gasteiger partial charge is 0.261 e. The summed E-state index contributed by atoms with van der Waals surface area (Å²) in [4.78, 5) is 28.4. The van der Waals surface area contributed by atoms with E-state index in [2.05, 4.69) is 15.0 Å². The second kappa shape index (κ2) is 8.66. The number of halogens is 1. The fraction of sp³-hybridized carbons (Fsp3) is 0.222. The van der Waals surface area contributed by atoms with Crippen LogP contribution in [0.3, 0.4) is 0 Å². The van der Waals surface area contributed by atoms with Crippen LogP contribution in [0.5, 0.6) is 0 Å². The molecule has 4 aromatic rings. The average Bonchev–Trinajstić information content (AvgIpc) is 3.62. The molecule has 8 nitrogen and oxygen atoms in total. The highest BCUT2D eigenvalue weighted by atomic mass is 19.1. The minimum atomic E-state index is -0.554. The van der Waals surface area contributed by atoms with E-state index in [9.17, 15) is 14.4 Å². The quantitative estimate of drug-likeness (QED) is 0.450. The highest BCUT2D eigenvalue weighted by Gasteiger charge is 2.28. The molecular weight excluding hydrogens is 459 g/mol. The number of nitrogens with two attached hydrogens (primary N) is 1. The number of nitrogen functional groups attached to an aromatic ring is 1. The fourth-order valence-electron chi connectivity index (χ4n) is 4.56. The van der Waals surface area contributed by atoms with Gasteiger partial charge in [0.2, 0.25) is 0 Å². The summed E-state index contributed by atoms with van der Waals surface area (Å²) in [7, 11) is 0. The molecule has 2 aromatic carbocycles. The predicted octanol–water partition coefficient (Wildman–Crippen LogP) is 4.37. The number of rotatable bonds is 5. The molecule has 0 atom stereocenters. The molecule has 2 aliphatic rings. The lowest BCUT2D eigenvalue weighted by Gasteiger charge is -2.24. The van der Waals surface area contributed by atoms with Gasteiger partial charge in [0.05, 0.1) is 42.1 Å². The minimum absolute atomic E-state index is 0.0528. The molecular formula is C27H21FN6O2. The molecule has 178 valence electrons. The number of amides is 1. The molecule has 1 saturated carbocycles. The van der Waals surface area contributed by atoms with Crippen molar-refractivity contribution in [3.05, 3.63) is 88.3 Å². The zero-order chi connectivity index (χ0) is 24.8. The van der Waals surface area contributed by atoms with Gasteiger partial charge in [-0.3, -0.25) is 4.79 Å². The Hall–Kier alpha value is -4.42. The van der Waals surface area contributed by atoms with E-state index in [-0.39, 0.29) is 17.7 Å². The lowest BCUT2D eigenvalue weighted by molar-refractivity contribution is 0.0984. The van der Waals surface area contributed by atoms with Crippen LogP contribution < -0.4 is 10.6 Å². The second-order valence-corrected chi connectivity index (χ2v) is 9.07. The Morgan fingerprint density at radius 3 is 2.67 bits per heavy atom. The summed E-state index contributed by atoms with van der Waals surface area (Å²) < 4.78 is 19.4. The number of aromatic nitrogens is 3. The Kier molecular flexibility index (Phi) is 5.31. The summed E-state index contributed by atoms with van der Waals surface area (Å²) in [5, 5.41) is 10.6. The first-order valence-corrected chi connectivity index (χ1v) is 11.6. The van der Waals surface area contributed by atoms with Gasteiger partial charge in [0, 0.05) is 29.3 Å². The maximum absolute atomic E-state index is 13.9. The number of carbonyl (C=O) groups is 1. The number of nitriles is 1. The van der Waals surface area contributed by atoms with Crippen molar-refractivity contribution in [3.63, 3.8) is 0 Å². The maximum Gasteiger partial charge on any atom is 0.261 e. The lowest BCUT2D eigenvalue weighted by atomic mass is 10.0. The number of hydrogen-bond donors (Lipinski definition) is 1. The van der Waals surface area contributed by atoms with Gasteiger partial charge in [0.25, 0.3) is 5.91 Å². The third-order valence-electron chi connectivity index (χ3n) is 6.61. The molecule has 0 unspecified atom stereocenters. The van der Waals surface area contributed by atoms with Gasteiger partial charge in [-0.15, -0.1) is 0 Å². The first-order chi connectivity index (χ1) is 17.5. The van der Waals surface area contributed by atoms with Crippen LogP contribution in [0.2, 0.25) is 0 Å². The van der Waals surface area contributed by atoms with Gasteiger partial charge in [-0.05, 0) is 48.2 Å². The van der Waals surface area contributed by atoms with Crippen molar-refractivity contribution >= 4 is 28.3 Å². The lowest BCUT2D eigenvalue weighted by Crippen LogP contribution is -2.31. The highest BCUT2D eigenvalue weighted by Crippen LogP contribution is 2.38. The van der Waals surface area contributed by atoms with E-state index in [0.717, 1.165) is 46.8 Å². The van der Waals surface area contributed by atoms with Crippen LogP contribution in [0.4, 0.5) is 15.9 Å². The Bertz CT molecular complexity index is 1560. The Labute approximate surface area is 206 Å². The Balaban J connectivity index is 1.40. The van der Waals surface area contributed by atoms with Crippen molar-refractivity contribution in [2.75, 3.05) is 10.6 Å². The zero-order valence-electron chi connectivity index (χ0n) is 19.2. The van der Waals surface area contributed by atoms with E-state index in [1.54, 1.807) is 0 Å². The third-order valence-corrected chi connectivity index (χ3v) is 6.61. The Morgan fingerprint density at radius 2 is 1.92 bits per heavy atom. The highest BCUT2D eigenvalue weighted by molar-refractivity contribution is 6.06. The van der Waals surface area contributed by atoms with E-state index < -0.39 is 11.7 Å². The van der Waals surface area contributed by atoms with Crippen molar-refractivity contribution in [1.29, 1.82) is 5.26 Å². The van der Waals surface area contributed by atoms with Crippen LogP contribution in [0, 0.1) is 17.1 Å². The molecule has 0 saturated heterocycles. The third kappa shape index (κ3) is 3.91. The van der Waals surface area contributed by atoms with Gasteiger partial charge >= 0.3 is 0 Å². The van der Waals surface area contributed by atoms with E-state index in [1.807, 2.05) is 24.3 Å². The normalized spacial score (nSPS) is 14.4. The van der Waals surface area contributed by atoms with E-state index in [0.29, 0.717) is 36.2 Å². The van der Waals surface area contributed by atoms with Crippen LogP contribution in [0.25, 0.3) is 10.9 Å². The van der Waals surface area contributed by atoms with Crippen molar-refractivity contribution < 1.29 is 13.9 Å². The summed E-state index contributed by atoms with van der Waals surface area (Å²) in [5.41, 5.74) is 10.2. The Morgan fingerprint density at radius 1 is 1.14 bits per heavy atom. The van der Waals surface area contributed by atoms with Gasteiger partial charge in [-0.1, -0.05) is 12.1 Å². The van der Waals surface area contributed by atoms with Crippen molar-refractivity contribution in [3.8, 4) is 6.07 Å². The molecule has 1 aliphatic heterocycles. The molecule has 1 amide bonds. The van der Waals surface area contributed by atoms with Gasteiger partial charge in [-0.25, -0.2) is 19.3 Å². The first-order valence-electron chi connectivity index (χ1n) is 11.6. The van der Waals surface area contributed by atoms with Gasteiger partial charge in [-0.2, -0.15) is 5.26 Å². The topological polar surface area (TPSA) is 118 Å². The number of nitrogens with zero attached hydrogens (tertiary/aromatic N) is 5. The van der Waals surface area contributed by atoms with Crippen LogP contribution in [-0.2, 0) is 24.5 Å². The zero-order valence-corrected chi connectivity index (χ0v) is 19.2. The predicted molar refractivity (Wildman–Crippen MR) is 130 cm³/mol. The number of carbonyl (C=O) groups excluding carboxylic acids is 1. The van der Waals surface area contributed by atoms with E-state index in [1.165, 1.54) is 29.4 Å². The molecule has 0 bridgehead atoms. The summed E-state index contributed by atoms with van der Waals surface area (Å²) in [6, 6.07) is 11.5. The summed E-state index contributed by atoms with van der Waals surface area (Å²) in [6.45, 7) is 1.03.